The molecule has 0 fully saturated rings. The standard InChI is InChI=1S/C20H17F4N3O/c1-27-10-9-25-19(27)18(14-5-7-16(21)8-6-14)26-17(28)12-13-3-2-4-15(11-13)20(22,23)24/h2-11,18H,12H2,1H3,(H,26,28). The average Bonchev–Trinajstić information content (AvgIpc) is 3.06. The van der Waals surface area contributed by atoms with Crippen LogP contribution in [0.3, 0.4) is 0 Å². The second-order valence-electron chi connectivity index (χ2n) is 6.32. The molecule has 3 aromatic rings. The number of amides is 1. The van der Waals surface area contributed by atoms with Crippen LogP contribution in [0.2, 0.25) is 0 Å². The van der Waals surface area contributed by atoms with E-state index in [2.05, 4.69) is 10.3 Å². The zero-order valence-corrected chi connectivity index (χ0v) is 14.9. The lowest BCUT2D eigenvalue weighted by molar-refractivity contribution is -0.137. The van der Waals surface area contributed by atoms with Crippen LogP contribution in [-0.2, 0) is 24.4 Å². The minimum absolute atomic E-state index is 0.230. The Morgan fingerprint density at radius 1 is 1.18 bits per heavy atom. The Balaban J connectivity index is 1.82. The van der Waals surface area contributed by atoms with E-state index in [1.165, 1.54) is 36.4 Å². The van der Waals surface area contributed by atoms with Crippen molar-refractivity contribution < 1.29 is 22.4 Å². The lowest BCUT2D eigenvalue weighted by Gasteiger charge is -2.19. The lowest BCUT2D eigenvalue weighted by Crippen LogP contribution is -2.32. The first-order chi connectivity index (χ1) is 13.2. The van der Waals surface area contributed by atoms with E-state index in [0.29, 0.717) is 11.4 Å². The van der Waals surface area contributed by atoms with Gasteiger partial charge in [-0.1, -0.05) is 30.3 Å². The molecular formula is C20H17F4N3O. The molecule has 0 radical (unpaired) electrons. The normalized spacial score (nSPS) is 12.6. The van der Waals surface area contributed by atoms with Crippen molar-refractivity contribution in [2.45, 2.75) is 18.6 Å². The van der Waals surface area contributed by atoms with Crippen molar-refractivity contribution in [2.75, 3.05) is 0 Å². The van der Waals surface area contributed by atoms with Crippen LogP contribution in [-0.4, -0.2) is 15.5 Å². The lowest BCUT2D eigenvalue weighted by atomic mass is 10.0. The number of carbonyl (C=O) groups excluding carboxylic acids is 1. The second kappa shape index (κ2) is 7.84. The SMILES string of the molecule is Cn1ccnc1C(NC(=O)Cc1cccc(C(F)(F)F)c1)c1ccc(F)cc1. The van der Waals surface area contributed by atoms with Crippen molar-refractivity contribution >= 4 is 5.91 Å². The molecule has 3 rings (SSSR count). The molecule has 0 saturated heterocycles. The fraction of sp³-hybridized carbons (Fsp3) is 0.200. The number of alkyl halides is 3. The van der Waals surface area contributed by atoms with Crippen LogP contribution in [0, 0.1) is 5.82 Å². The first-order valence-corrected chi connectivity index (χ1v) is 8.42. The summed E-state index contributed by atoms with van der Waals surface area (Å²) in [5, 5.41) is 2.78. The van der Waals surface area contributed by atoms with Gasteiger partial charge in [-0.15, -0.1) is 0 Å². The van der Waals surface area contributed by atoms with Gasteiger partial charge in [-0.2, -0.15) is 13.2 Å². The first-order valence-electron chi connectivity index (χ1n) is 8.42. The van der Waals surface area contributed by atoms with Gasteiger partial charge in [-0.05, 0) is 29.3 Å². The van der Waals surface area contributed by atoms with Crippen molar-refractivity contribution in [3.8, 4) is 0 Å². The first kappa shape index (κ1) is 19.6. The third kappa shape index (κ3) is 4.57. The summed E-state index contributed by atoms with van der Waals surface area (Å²) in [5.74, 6) is -0.377. The minimum Gasteiger partial charge on any atom is -0.342 e. The molecule has 0 aliphatic carbocycles. The highest BCUT2D eigenvalue weighted by Gasteiger charge is 2.30. The van der Waals surface area contributed by atoms with Gasteiger partial charge in [0.1, 0.15) is 17.7 Å². The third-order valence-corrected chi connectivity index (χ3v) is 4.24. The van der Waals surface area contributed by atoms with Crippen molar-refractivity contribution in [2.24, 2.45) is 7.05 Å². The number of hydrogen-bond acceptors (Lipinski definition) is 2. The Bertz CT molecular complexity index is 964. The van der Waals surface area contributed by atoms with E-state index < -0.39 is 29.5 Å². The fourth-order valence-corrected chi connectivity index (χ4v) is 2.86. The number of rotatable bonds is 5. The van der Waals surface area contributed by atoms with E-state index in [9.17, 15) is 22.4 Å². The largest absolute Gasteiger partial charge is 0.416 e. The van der Waals surface area contributed by atoms with Crippen molar-refractivity contribution in [1.82, 2.24) is 14.9 Å². The second-order valence-corrected chi connectivity index (χ2v) is 6.32. The van der Waals surface area contributed by atoms with E-state index in [1.807, 2.05) is 0 Å². The maximum Gasteiger partial charge on any atom is 0.416 e. The third-order valence-electron chi connectivity index (χ3n) is 4.24. The molecule has 1 heterocycles. The van der Waals surface area contributed by atoms with Crippen molar-refractivity contribution in [3.05, 3.63) is 89.3 Å². The maximum atomic E-state index is 13.3. The Morgan fingerprint density at radius 2 is 1.89 bits per heavy atom. The molecule has 0 aliphatic rings. The predicted molar refractivity (Wildman–Crippen MR) is 94.7 cm³/mol. The van der Waals surface area contributed by atoms with E-state index >= 15 is 0 Å². The topological polar surface area (TPSA) is 46.9 Å². The van der Waals surface area contributed by atoms with Gasteiger partial charge in [0.15, 0.2) is 0 Å². The minimum atomic E-state index is -4.48. The Hall–Kier alpha value is -3.16. The van der Waals surface area contributed by atoms with Crippen molar-refractivity contribution in [1.29, 1.82) is 0 Å². The number of hydrogen-bond donors (Lipinski definition) is 1. The summed E-state index contributed by atoms with van der Waals surface area (Å²) in [6, 6.07) is 9.56. The van der Waals surface area contributed by atoms with Gasteiger partial charge < -0.3 is 9.88 Å². The van der Waals surface area contributed by atoms with Gasteiger partial charge in [-0.3, -0.25) is 4.79 Å². The summed E-state index contributed by atoms with van der Waals surface area (Å²) in [5.41, 5.74) is 0.0371. The number of carbonyl (C=O) groups is 1. The van der Waals surface area contributed by atoms with Gasteiger partial charge in [0.25, 0.3) is 0 Å². The smallest absolute Gasteiger partial charge is 0.342 e. The Kier molecular flexibility index (Phi) is 5.48. The van der Waals surface area contributed by atoms with Crippen molar-refractivity contribution in [3.63, 3.8) is 0 Å². The van der Waals surface area contributed by atoms with Gasteiger partial charge in [0, 0.05) is 19.4 Å². The van der Waals surface area contributed by atoms with Gasteiger partial charge >= 0.3 is 6.18 Å². The monoisotopic (exact) mass is 391 g/mol. The highest BCUT2D eigenvalue weighted by Crippen LogP contribution is 2.29. The van der Waals surface area contributed by atoms with Crippen LogP contribution >= 0.6 is 0 Å². The highest BCUT2D eigenvalue weighted by molar-refractivity contribution is 5.79. The van der Waals surface area contributed by atoms with Gasteiger partial charge in [0.05, 0.1) is 12.0 Å². The number of benzene rings is 2. The van der Waals surface area contributed by atoms with Crippen LogP contribution in [0.1, 0.15) is 28.6 Å². The molecule has 0 saturated carbocycles. The molecule has 2 aromatic carbocycles. The number of imidazole rings is 1. The quantitative estimate of drug-likeness (QED) is 0.668. The van der Waals surface area contributed by atoms with Crippen LogP contribution in [0.25, 0.3) is 0 Å². The zero-order valence-electron chi connectivity index (χ0n) is 14.9. The van der Waals surface area contributed by atoms with E-state index in [0.717, 1.165) is 12.1 Å². The summed E-state index contributed by atoms with van der Waals surface area (Å²) in [4.78, 5) is 16.8. The van der Waals surface area contributed by atoms with Gasteiger partial charge in [-0.25, -0.2) is 9.37 Å². The van der Waals surface area contributed by atoms with Gasteiger partial charge in [0.2, 0.25) is 5.91 Å². The fourth-order valence-electron chi connectivity index (χ4n) is 2.86. The molecule has 0 bridgehead atoms. The number of aromatic nitrogens is 2. The molecule has 4 nitrogen and oxygen atoms in total. The summed E-state index contributed by atoms with van der Waals surface area (Å²) in [7, 11) is 1.75. The van der Waals surface area contributed by atoms with Crippen LogP contribution in [0.15, 0.2) is 60.9 Å². The Morgan fingerprint density at radius 3 is 2.50 bits per heavy atom. The molecule has 28 heavy (non-hydrogen) atoms. The molecule has 0 spiro atoms. The summed E-state index contributed by atoms with van der Waals surface area (Å²) >= 11 is 0. The number of nitrogens with zero attached hydrogens (tertiary/aromatic N) is 2. The summed E-state index contributed by atoms with van der Waals surface area (Å²) in [6.45, 7) is 0. The number of halogens is 4. The van der Waals surface area contributed by atoms with Crippen LogP contribution in [0.4, 0.5) is 17.6 Å². The molecule has 146 valence electrons. The van der Waals surface area contributed by atoms with Crippen LogP contribution < -0.4 is 5.32 Å². The van der Waals surface area contributed by atoms with E-state index in [4.69, 9.17) is 0 Å². The molecule has 1 unspecified atom stereocenters. The summed E-state index contributed by atoms with van der Waals surface area (Å²) < 4.78 is 53.5. The maximum absolute atomic E-state index is 13.3. The average molecular weight is 391 g/mol. The molecule has 0 aliphatic heterocycles. The molecule has 1 N–H and O–H groups in total. The summed E-state index contributed by atoms with van der Waals surface area (Å²) in [6.07, 6.45) is -1.45. The number of nitrogens with one attached hydrogen (secondary N) is 1. The Labute approximate surface area is 158 Å². The number of aryl methyl sites for hydroxylation is 1. The molecule has 1 amide bonds. The van der Waals surface area contributed by atoms with E-state index in [1.54, 1.807) is 24.0 Å². The highest BCUT2D eigenvalue weighted by atomic mass is 19.4. The molecular weight excluding hydrogens is 374 g/mol. The predicted octanol–water partition coefficient (Wildman–Crippen LogP) is 4.03. The molecule has 1 atom stereocenters. The molecule has 1 aromatic heterocycles. The zero-order chi connectivity index (χ0) is 20.3. The van der Waals surface area contributed by atoms with E-state index in [-0.39, 0.29) is 12.0 Å². The van der Waals surface area contributed by atoms with Crippen LogP contribution in [0.5, 0.6) is 0 Å². The molecule has 8 heteroatoms.